The first kappa shape index (κ1) is 73.4. The summed E-state index contributed by atoms with van der Waals surface area (Å²) in [6, 6.07) is 0. The zero-order valence-corrected chi connectivity index (χ0v) is 51.9. The lowest BCUT2D eigenvalue weighted by Gasteiger charge is -2.56. The maximum absolute atomic E-state index is 15.5. The monoisotopic (exact) mass is 1220 g/mol. The smallest absolute Gasteiger partial charge is 0.305 e. The Morgan fingerprint density at radius 1 is 0.279 bits per heavy atom. The van der Waals surface area contributed by atoms with E-state index >= 15 is 4.79 Å². The molecule has 0 saturated heterocycles. The molecule has 4 aliphatic carbocycles. The van der Waals surface area contributed by atoms with Crippen molar-refractivity contribution >= 4 is 77.4 Å². The summed E-state index contributed by atoms with van der Waals surface area (Å²) in [5.74, 6) is -7.21. The molecule has 4 aliphatic rings. The minimum atomic E-state index is -1.61. The quantitative estimate of drug-likeness (QED) is 0.0482. The summed E-state index contributed by atoms with van der Waals surface area (Å²) in [6.07, 6.45) is -0.268. The highest BCUT2D eigenvalue weighted by molar-refractivity contribution is 5.85. The third kappa shape index (κ3) is 24.1. The van der Waals surface area contributed by atoms with Crippen LogP contribution in [0.15, 0.2) is 0 Å². The fourth-order valence-electron chi connectivity index (χ4n) is 13.1. The number of rotatable bonds is 41. The number of methoxy groups -OCH3 is 9. The molecule has 0 atom stereocenters. The van der Waals surface area contributed by atoms with Crippen molar-refractivity contribution in [3.8, 4) is 0 Å². The van der Waals surface area contributed by atoms with Crippen molar-refractivity contribution in [3.63, 3.8) is 0 Å². The number of carbonyl (C=O) groups is 13. The van der Waals surface area contributed by atoms with Crippen LogP contribution in [0.25, 0.3) is 0 Å². The lowest BCUT2D eigenvalue weighted by molar-refractivity contribution is -0.149. The number of ether oxygens (including phenoxy) is 9. The molecule has 0 aromatic carbocycles. The molecule has 0 aromatic heterocycles. The van der Waals surface area contributed by atoms with Gasteiger partial charge in [-0.2, -0.15) is 0 Å². The molecule has 0 aliphatic heterocycles. The van der Waals surface area contributed by atoms with Crippen LogP contribution in [0.5, 0.6) is 0 Å². The first-order valence-corrected chi connectivity index (χ1v) is 29.6. The Hall–Kier alpha value is -6.89. The summed E-state index contributed by atoms with van der Waals surface area (Å²) in [5.41, 5.74) is -6.68. The molecular weight excluding hydrogens is 1130 g/mol. The largest absolute Gasteiger partial charge is 0.469 e. The second-order valence-corrected chi connectivity index (χ2v) is 23.6. The van der Waals surface area contributed by atoms with Crippen LogP contribution in [0.4, 0.5) is 0 Å². The van der Waals surface area contributed by atoms with E-state index in [1.54, 1.807) is 0 Å². The lowest BCUT2D eigenvalue weighted by atomic mass is 9.49. The van der Waals surface area contributed by atoms with Crippen molar-refractivity contribution in [2.45, 2.75) is 215 Å². The average Bonchev–Trinajstić information content (AvgIpc) is 0.784. The molecule has 86 heavy (non-hydrogen) atoms. The minimum absolute atomic E-state index is 0.0962. The molecule has 486 valence electrons. The first-order chi connectivity index (χ1) is 40.8. The predicted octanol–water partition coefficient (Wildman–Crippen LogP) is 4.54. The molecule has 0 unspecified atom stereocenters. The number of hydrogen-bond acceptors (Lipinski definition) is 22. The molecule has 4 rings (SSSR count). The van der Waals surface area contributed by atoms with E-state index in [1.165, 1.54) is 64.0 Å². The molecule has 26 nitrogen and oxygen atoms in total. The number of hydrogen-bond donors (Lipinski definition) is 4. The molecule has 4 bridgehead atoms. The van der Waals surface area contributed by atoms with Crippen molar-refractivity contribution in [2.75, 3.05) is 64.0 Å². The zero-order chi connectivity index (χ0) is 64.1. The minimum Gasteiger partial charge on any atom is -0.469 e. The van der Waals surface area contributed by atoms with Gasteiger partial charge in [-0.05, 0) is 133 Å². The maximum atomic E-state index is 15.5. The predicted molar refractivity (Wildman–Crippen MR) is 303 cm³/mol. The Morgan fingerprint density at radius 3 is 0.616 bits per heavy atom. The van der Waals surface area contributed by atoms with Crippen LogP contribution in [-0.2, 0) is 105 Å². The van der Waals surface area contributed by atoms with Gasteiger partial charge in [-0.3, -0.25) is 62.3 Å². The molecule has 0 spiro atoms. The van der Waals surface area contributed by atoms with Crippen LogP contribution < -0.4 is 21.3 Å². The Labute approximate surface area is 504 Å². The van der Waals surface area contributed by atoms with E-state index in [2.05, 4.69) is 21.3 Å². The lowest BCUT2D eigenvalue weighted by Crippen LogP contribution is -2.60. The van der Waals surface area contributed by atoms with Gasteiger partial charge in [0.15, 0.2) is 0 Å². The fraction of sp³-hybridized carbons (Fsp3) is 0.783. The van der Waals surface area contributed by atoms with Crippen LogP contribution in [0, 0.1) is 23.2 Å². The normalized spacial score (nSPS) is 17.8. The van der Waals surface area contributed by atoms with Gasteiger partial charge in [0.1, 0.15) is 0 Å². The van der Waals surface area contributed by atoms with Crippen molar-refractivity contribution in [2.24, 2.45) is 23.2 Å². The molecule has 4 saturated carbocycles. The first-order valence-electron chi connectivity index (χ1n) is 29.6. The summed E-state index contributed by atoms with van der Waals surface area (Å²) < 4.78 is 44.3. The Balaban J connectivity index is 2.31. The van der Waals surface area contributed by atoms with E-state index < -0.39 is 118 Å². The summed E-state index contributed by atoms with van der Waals surface area (Å²) in [7, 11) is 10.7. The van der Waals surface area contributed by atoms with Gasteiger partial charge >= 0.3 is 53.7 Å². The van der Waals surface area contributed by atoms with Crippen LogP contribution in [-0.4, -0.2) is 163 Å². The van der Waals surface area contributed by atoms with Crippen molar-refractivity contribution in [1.82, 2.24) is 21.3 Å². The molecule has 0 heterocycles. The van der Waals surface area contributed by atoms with Crippen molar-refractivity contribution < 1.29 is 105 Å². The van der Waals surface area contributed by atoms with E-state index in [4.69, 9.17) is 42.6 Å². The van der Waals surface area contributed by atoms with Gasteiger partial charge in [-0.1, -0.05) is 0 Å². The third-order valence-corrected chi connectivity index (χ3v) is 17.9. The highest BCUT2D eigenvalue weighted by Crippen LogP contribution is 2.60. The summed E-state index contributed by atoms with van der Waals surface area (Å²) >= 11 is 0. The molecule has 26 heteroatoms. The molecule has 4 fully saturated rings. The summed E-state index contributed by atoms with van der Waals surface area (Å²) in [5, 5.41) is 12.3. The molecule has 4 amide bonds. The Morgan fingerprint density at radius 2 is 0.442 bits per heavy atom. The number of carbonyl (C=O) groups excluding carboxylic acids is 13. The van der Waals surface area contributed by atoms with Crippen molar-refractivity contribution in [3.05, 3.63) is 0 Å². The second kappa shape index (κ2) is 35.7. The number of esters is 9. The fourth-order valence-corrected chi connectivity index (χ4v) is 13.1. The van der Waals surface area contributed by atoms with Gasteiger partial charge in [-0.15, -0.1) is 0 Å². The van der Waals surface area contributed by atoms with Gasteiger partial charge < -0.3 is 63.9 Å². The highest BCUT2D eigenvalue weighted by atomic mass is 16.5. The van der Waals surface area contributed by atoms with Gasteiger partial charge in [0, 0.05) is 105 Å². The second-order valence-electron chi connectivity index (χ2n) is 23.6. The van der Waals surface area contributed by atoms with Crippen molar-refractivity contribution in [1.29, 1.82) is 0 Å². The standard InChI is InChI=1S/C60H94N4O22/c1-78-46(68)13-25-57(26-14-47(69)79-2,27-15-48(70)80-3)61-43(65)10-22-60(64-55(77)56-37-40-34-41(38-56)36-42(35-40)39-56,23-11-44(66)62-58(28-16-49(71)81-4,29-17-50(72)82-5)30-18-51(73)83-6)24-12-45(67)63-59(31-19-52(74)84-7,32-20-53(75)85-8)33-21-54(76)86-9/h40-42H,10-39H2,1-9H3,(H,61,65)(H,62,66)(H,63,67)(H,64,77). The van der Waals surface area contributed by atoms with Gasteiger partial charge in [0.05, 0.1) is 64.0 Å². The van der Waals surface area contributed by atoms with Crippen LogP contribution in [0.1, 0.15) is 193 Å². The van der Waals surface area contributed by atoms with E-state index in [0.29, 0.717) is 19.3 Å². The third-order valence-electron chi connectivity index (χ3n) is 17.9. The molecule has 0 radical (unpaired) electrons. The van der Waals surface area contributed by atoms with Crippen LogP contribution >= 0.6 is 0 Å². The van der Waals surface area contributed by atoms with E-state index in [0.717, 1.165) is 19.3 Å². The van der Waals surface area contributed by atoms with E-state index in [-0.39, 0.29) is 158 Å². The topological polar surface area (TPSA) is 353 Å². The van der Waals surface area contributed by atoms with Gasteiger partial charge in [-0.25, -0.2) is 0 Å². The zero-order valence-electron chi connectivity index (χ0n) is 51.9. The summed E-state index contributed by atoms with van der Waals surface area (Å²) in [4.78, 5) is 174. The Kier molecular flexibility index (Phi) is 30.4. The highest BCUT2D eigenvalue weighted by Gasteiger charge is 2.56. The summed E-state index contributed by atoms with van der Waals surface area (Å²) in [6.45, 7) is 0. The van der Waals surface area contributed by atoms with E-state index in [9.17, 15) is 57.5 Å². The van der Waals surface area contributed by atoms with E-state index in [1.807, 2.05) is 0 Å². The maximum Gasteiger partial charge on any atom is 0.305 e. The SMILES string of the molecule is COC(=O)CCC(CCC(=O)OC)(CCC(=O)OC)NC(=O)CCC(CCC(=O)NC(CCC(=O)OC)(CCC(=O)OC)CCC(=O)OC)(CCC(=O)NC(CCC(=O)OC)(CCC(=O)OC)CCC(=O)OC)NC(=O)C12CC3CC(CC(C3)C1)C2. The molecular formula is C60H94N4O22. The molecule has 4 N–H and O–H groups in total. The number of amides is 4. The van der Waals surface area contributed by atoms with Gasteiger partial charge in [0.2, 0.25) is 23.6 Å². The van der Waals surface area contributed by atoms with Gasteiger partial charge in [0.25, 0.3) is 0 Å². The van der Waals surface area contributed by atoms with Crippen LogP contribution in [0.3, 0.4) is 0 Å². The molecule has 0 aromatic rings. The Bertz CT molecular complexity index is 1980. The average molecular weight is 1220 g/mol. The number of nitrogens with one attached hydrogen (secondary N) is 4. The van der Waals surface area contributed by atoms with Crippen LogP contribution in [0.2, 0.25) is 0 Å².